The van der Waals surface area contributed by atoms with Crippen molar-refractivity contribution in [2.24, 2.45) is 0 Å². The van der Waals surface area contributed by atoms with Crippen molar-refractivity contribution in [2.45, 2.75) is 38.8 Å². The number of aliphatic carboxylic acids is 1. The first-order valence-electron chi connectivity index (χ1n) is 19.9. The minimum atomic E-state index is -1.16. The predicted octanol–water partition coefficient (Wildman–Crippen LogP) is -1.25. The van der Waals surface area contributed by atoms with Gasteiger partial charge < -0.3 is 55.7 Å². The van der Waals surface area contributed by atoms with Gasteiger partial charge in [-0.15, -0.1) is 0 Å². The van der Waals surface area contributed by atoms with Crippen molar-refractivity contribution in [3.8, 4) is 12.0 Å². The molecule has 0 bridgehead atoms. The number of ketones is 2. The maximum Gasteiger partial charge on any atom is 1.00 e. The van der Waals surface area contributed by atoms with E-state index in [2.05, 4.69) is 34.6 Å². The van der Waals surface area contributed by atoms with Crippen LogP contribution in [0.5, 0.6) is 12.0 Å². The van der Waals surface area contributed by atoms with Crippen molar-refractivity contribution < 1.29 is 83.0 Å². The van der Waals surface area contributed by atoms with Gasteiger partial charge in [0.15, 0.2) is 34.5 Å². The molecule has 0 aliphatic heterocycles. The van der Waals surface area contributed by atoms with E-state index in [9.17, 15) is 28.8 Å². The maximum atomic E-state index is 12.5. The Kier molecular flexibility index (Phi) is 21.7. The Labute approximate surface area is 403 Å². The molecule has 350 valence electrons. The fraction of sp³-hybridized carbons (Fsp3) is 0.302. The first-order chi connectivity index (χ1) is 31.3. The summed E-state index contributed by atoms with van der Waals surface area (Å²) < 4.78 is 28.1. The number of ether oxygens (including phenoxy) is 5. The molecule has 24 heteroatoms. The van der Waals surface area contributed by atoms with Gasteiger partial charge in [-0.1, -0.05) is 48.5 Å². The van der Waals surface area contributed by atoms with Crippen LogP contribution in [0.25, 0.3) is 22.3 Å². The molecule has 23 nitrogen and oxygen atoms in total. The average Bonchev–Trinajstić information content (AvgIpc) is 3.78. The molecule has 0 saturated heterocycles. The summed E-state index contributed by atoms with van der Waals surface area (Å²) in [4.78, 5) is 92.0. The van der Waals surface area contributed by atoms with Crippen LogP contribution >= 0.6 is 0 Å². The fourth-order valence-electron chi connectivity index (χ4n) is 6.00. The number of rotatable bonds is 22. The molecule has 0 spiro atoms. The second-order valence-electron chi connectivity index (χ2n) is 14.0. The number of methoxy groups -OCH3 is 3. The van der Waals surface area contributed by atoms with Crippen molar-refractivity contribution in [1.29, 1.82) is 0 Å². The first-order valence-corrected chi connectivity index (χ1v) is 19.9. The van der Waals surface area contributed by atoms with Gasteiger partial charge in [0.2, 0.25) is 0 Å². The zero-order valence-electron chi connectivity index (χ0n) is 37.2. The molecular formula is C43H49N10NaO13. The van der Waals surface area contributed by atoms with Gasteiger partial charge in [0.25, 0.3) is 0 Å². The Hall–Kier alpha value is -7.02. The molecule has 8 N–H and O–H groups in total. The summed E-state index contributed by atoms with van der Waals surface area (Å²) in [5, 5.41) is 8.56. The zero-order valence-corrected chi connectivity index (χ0v) is 39.2. The van der Waals surface area contributed by atoms with Crippen molar-refractivity contribution in [3.63, 3.8) is 0 Å². The SMILES string of the molecule is COCCOc1nc(N)c2[nH]c(=O)n(Cc3ccc(CCC(=O)/C=C/C(=O)O)cc3)c2n1.COCCOc1nc(N)c2[nH]c(=O)n(Cc3ccc(CCC(=O)/C=C/C(=O)OC)cc3)c2n1.[Na+].[OH-]. The van der Waals surface area contributed by atoms with Crippen LogP contribution in [0.15, 0.2) is 82.4 Å². The van der Waals surface area contributed by atoms with Gasteiger partial charge in [-0.25, -0.2) is 19.2 Å². The minimum Gasteiger partial charge on any atom is -0.870 e. The molecule has 0 aliphatic rings. The number of aromatic nitrogens is 8. The first kappa shape index (κ1) is 54.3. The number of fused-ring (bicyclic) bond motifs is 2. The van der Waals surface area contributed by atoms with E-state index in [-0.39, 0.29) is 121 Å². The van der Waals surface area contributed by atoms with Crippen LogP contribution in [0.4, 0.5) is 11.6 Å². The largest absolute Gasteiger partial charge is 1.00 e. The van der Waals surface area contributed by atoms with Gasteiger partial charge in [0.05, 0.1) is 33.4 Å². The summed E-state index contributed by atoms with van der Waals surface area (Å²) >= 11 is 0. The van der Waals surface area contributed by atoms with E-state index in [4.69, 9.17) is 35.5 Å². The molecule has 0 saturated carbocycles. The van der Waals surface area contributed by atoms with E-state index >= 15 is 0 Å². The van der Waals surface area contributed by atoms with Crippen molar-refractivity contribution >= 4 is 57.5 Å². The summed E-state index contributed by atoms with van der Waals surface area (Å²) in [5.41, 5.74) is 16.1. The van der Waals surface area contributed by atoms with Crippen molar-refractivity contribution in [3.05, 3.63) is 116 Å². The van der Waals surface area contributed by atoms with Crippen LogP contribution in [-0.2, 0) is 59.3 Å². The smallest absolute Gasteiger partial charge is 0.870 e. The average molecular weight is 937 g/mol. The Morgan fingerprint density at radius 2 is 1.00 bits per heavy atom. The van der Waals surface area contributed by atoms with Crippen molar-refractivity contribution in [2.75, 3.05) is 59.2 Å². The molecule has 6 aromatic rings. The van der Waals surface area contributed by atoms with E-state index in [1.165, 1.54) is 22.3 Å². The van der Waals surface area contributed by atoms with Gasteiger partial charge >= 0.3 is 64.9 Å². The van der Waals surface area contributed by atoms with E-state index in [0.717, 1.165) is 40.5 Å². The van der Waals surface area contributed by atoms with Crippen LogP contribution in [0.3, 0.4) is 0 Å². The summed E-state index contributed by atoms with van der Waals surface area (Å²) in [5.74, 6) is -1.94. The van der Waals surface area contributed by atoms with E-state index in [1.54, 1.807) is 14.2 Å². The zero-order chi connectivity index (χ0) is 46.9. The Bertz CT molecular complexity index is 2800. The third kappa shape index (κ3) is 16.1. The summed E-state index contributed by atoms with van der Waals surface area (Å²) in [6, 6.07) is 15.0. The fourth-order valence-corrected chi connectivity index (χ4v) is 6.00. The van der Waals surface area contributed by atoms with Crippen LogP contribution in [0.2, 0.25) is 0 Å². The van der Waals surface area contributed by atoms with Gasteiger partial charge in [-0.3, -0.25) is 18.7 Å². The van der Waals surface area contributed by atoms with Crippen molar-refractivity contribution in [1.82, 2.24) is 39.0 Å². The number of hydrogen-bond donors (Lipinski definition) is 5. The third-order valence-electron chi connectivity index (χ3n) is 9.36. The number of esters is 1. The molecule has 4 heterocycles. The molecule has 4 aromatic heterocycles. The summed E-state index contributed by atoms with van der Waals surface area (Å²) in [7, 11) is 4.35. The number of imidazole rings is 2. The number of carbonyl (C=O) groups excluding carboxylic acids is 3. The van der Waals surface area contributed by atoms with E-state index in [1.807, 2.05) is 48.5 Å². The number of anilines is 2. The molecule has 6 rings (SSSR count). The molecule has 0 atom stereocenters. The molecular weight excluding hydrogens is 888 g/mol. The maximum absolute atomic E-state index is 12.5. The second kappa shape index (κ2) is 26.8. The number of carboxylic acids is 1. The van der Waals surface area contributed by atoms with Gasteiger partial charge in [0.1, 0.15) is 24.2 Å². The number of nitrogens with two attached hydrogens (primary N) is 2. The number of nitrogens with zero attached hydrogens (tertiary/aromatic N) is 6. The number of allylic oxidation sites excluding steroid dienone is 2. The number of nitrogens with one attached hydrogen (secondary N) is 2. The minimum absolute atomic E-state index is 0. The number of benzene rings is 2. The third-order valence-corrected chi connectivity index (χ3v) is 9.36. The molecule has 0 unspecified atom stereocenters. The van der Waals surface area contributed by atoms with Crippen LogP contribution < -0.4 is 61.9 Å². The Morgan fingerprint density at radius 3 is 1.37 bits per heavy atom. The topological polar surface area (TPSA) is 344 Å². The molecule has 2 aromatic carbocycles. The summed E-state index contributed by atoms with van der Waals surface area (Å²) in [6.07, 6.45) is 5.66. The van der Waals surface area contributed by atoms with Crippen LogP contribution in [-0.4, -0.2) is 121 Å². The number of hydrogen-bond acceptors (Lipinski definition) is 18. The van der Waals surface area contributed by atoms with Crippen LogP contribution in [0.1, 0.15) is 35.1 Å². The van der Waals surface area contributed by atoms with E-state index in [0.29, 0.717) is 48.4 Å². The standard InChI is InChI=1S/C22H25N5O6.C21H23N5O6.Na.H2O/c1-31-11-12-33-21-25-19(23)18-20(26-21)27(22(30)24-18)13-15-5-3-14(4-6-15)7-8-16(28)9-10-17(29)32-2;1-31-10-11-32-20-24-18(22)17-19(25-20)26(21(30)23-17)12-14-4-2-13(3-5-14)6-7-15(27)8-9-16(28)29;;/h3-6,9-10H,7-8,11-13H2,1-2H3,(H,24,30)(H2,23,25,26);2-5,8-9H,6-7,10-12H2,1H3,(H,23,30)(H,28,29)(H2,22,24,25);;1H2/q;;+1;/p-1/b10-9+;9-8+;;. The molecule has 0 radical (unpaired) electrons. The molecule has 0 aliphatic carbocycles. The number of nitrogen functional groups attached to an aromatic ring is 2. The second-order valence-corrected chi connectivity index (χ2v) is 14.0. The number of carbonyl (C=O) groups is 4. The number of carboxylic acid groups (broad SMARTS) is 1. The summed E-state index contributed by atoms with van der Waals surface area (Å²) in [6.45, 7) is 1.71. The van der Waals surface area contributed by atoms with Crippen LogP contribution in [0, 0.1) is 0 Å². The normalized spacial score (nSPS) is 10.9. The molecule has 0 fully saturated rings. The number of aromatic amines is 2. The van der Waals surface area contributed by atoms with Gasteiger partial charge in [-0.2, -0.15) is 19.9 Å². The van der Waals surface area contributed by atoms with Gasteiger partial charge in [0, 0.05) is 39.2 Å². The Balaban J connectivity index is 0.000000345. The van der Waals surface area contributed by atoms with Gasteiger partial charge in [-0.05, 0) is 47.2 Å². The number of H-pyrrole nitrogens is 2. The molecule has 67 heavy (non-hydrogen) atoms. The monoisotopic (exact) mass is 936 g/mol. The Morgan fingerprint density at radius 1 is 0.612 bits per heavy atom. The molecule has 0 amide bonds. The van der Waals surface area contributed by atoms with E-state index < -0.39 is 11.9 Å². The number of aryl methyl sites for hydroxylation is 2. The predicted molar refractivity (Wildman–Crippen MR) is 237 cm³/mol. The quantitative estimate of drug-likeness (QED) is 0.0230.